The van der Waals surface area contributed by atoms with Crippen molar-refractivity contribution in [1.29, 1.82) is 0 Å². The summed E-state index contributed by atoms with van der Waals surface area (Å²) in [6.07, 6.45) is 5.77. The first-order valence-electron chi connectivity index (χ1n) is 4.02. The van der Waals surface area contributed by atoms with Crippen LogP contribution in [0, 0.1) is 11.8 Å². The molecular formula is C9H18N. The van der Waals surface area contributed by atoms with Crippen molar-refractivity contribution < 1.29 is 0 Å². The first kappa shape index (κ1) is 8.06. The van der Waals surface area contributed by atoms with Gasteiger partial charge in [-0.1, -0.05) is 13.8 Å². The zero-order valence-corrected chi connectivity index (χ0v) is 7.28. The minimum absolute atomic E-state index is 0.0573. The molecule has 0 amide bonds. The van der Waals surface area contributed by atoms with E-state index in [4.69, 9.17) is 5.73 Å². The summed E-state index contributed by atoms with van der Waals surface area (Å²) in [4.78, 5) is 0. The van der Waals surface area contributed by atoms with Crippen LogP contribution in [0.2, 0.25) is 0 Å². The molecule has 10 heavy (non-hydrogen) atoms. The van der Waals surface area contributed by atoms with Crippen LogP contribution in [0.5, 0.6) is 0 Å². The lowest BCUT2D eigenvalue weighted by Crippen LogP contribution is -2.44. The van der Waals surface area contributed by atoms with E-state index in [0.717, 1.165) is 12.8 Å². The number of rotatable bonds is 0. The van der Waals surface area contributed by atoms with Crippen LogP contribution < -0.4 is 5.73 Å². The fourth-order valence-electron chi connectivity index (χ4n) is 2.03. The summed E-state index contributed by atoms with van der Waals surface area (Å²) in [5.41, 5.74) is 6.51. The van der Waals surface area contributed by atoms with E-state index >= 15 is 0 Å². The molecule has 1 atom stereocenters. The van der Waals surface area contributed by atoms with Crippen molar-refractivity contribution in [3.05, 3.63) is 6.42 Å². The zero-order valence-electron chi connectivity index (χ0n) is 7.28. The average Bonchev–Trinajstić information content (AvgIpc) is 1.56. The molecular weight excluding hydrogens is 122 g/mol. The first-order chi connectivity index (χ1) is 4.41. The van der Waals surface area contributed by atoms with E-state index in [0.29, 0.717) is 5.41 Å². The SMILES string of the molecule is CC1(C)C[CH]CC(C)(N)C1. The summed E-state index contributed by atoms with van der Waals surface area (Å²) in [6, 6.07) is 0. The van der Waals surface area contributed by atoms with E-state index in [-0.39, 0.29) is 5.54 Å². The largest absolute Gasteiger partial charge is 0.325 e. The summed E-state index contributed by atoms with van der Waals surface area (Å²) in [5, 5.41) is 0. The van der Waals surface area contributed by atoms with Crippen molar-refractivity contribution in [1.82, 2.24) is 0 Å². The van der Waals surface area contributed by atoms with Gasteiger partial charge in [0.05, 0.1) is 0 Å². The van der Waals surface area contributed by atoms with Crippen molar-refractivity contribution in [3.8, 4) is 0 Å². The predicted molar refractivity (Wildman–Crippen MR) is 44.5 cm³/mol. The van der Waals surface area contributed by atoms with Crippen molar-refractivity contribution >= 4 is 0 Å². The van der Waals surface area contributed by atoms with Gasteiger partial charge < -0.3 is 5.73 Å². The predicted octanol–water partition coefficient (Wildman–Crippen LogP) is 2.12. The number of hydrogen-bond acceptors (Lipinski definition) is 1. The second-order valence-electron chi connectivity index (χ2n) is 4.69. The third-order valence-corrected chi connectivity index (χ3v) is 2.19. The van der Waals surface area contributed by atoms with Gasteiger partial charge in [0.1, 0.15) is 0 Å². The summed E-state index contributed by atoms with van der Waals surface area (Å²) < 4.78 is 0. The van der Waals surface area contributed by atoms with Crippen LogP contribution in [-0.2, 0) is 0 Å². The molecule has 1 aliphatic rings. The minimum atomic E-state index is 0.0573. The van der Waals surface area contributed by atoms with Crippen LogP contribution in [0.3, 0.4) is 0 Å². The lowest BCUT2D eigenvalue weighted by atomic mass is 9.69. The molecule has 1 radical (unpaired) electrons. The second-order valence-corrected chi connectivity index (χ2v) is 4.69. The van der Waals surface area contributed by atoms with Gasteiger partial charge in [-0.3, -0.25) is 0 Å². The van der Waals surface area contributed by atoms with Gasteiger partial charge in [0, 0.05) is 5.54 Å². The van der Waals surface area contributed by atoms with E-state index in [9.17, 15) is 0 Å². The molecule has 1 saturated carbocycles. The topological polar surface area (TPSA) is 26.0 Å². The Morgan fingerprint density at radius 2 is 1.80 bits per heavy atom. The smallest absolute Gasteiger partial charge is 0.0133 e. The summed E-state index contributed by atoms with van der Waals surface area (Å²) >= 11 is 0. The molecule has 1 fully saturated rings. The third-order valence-electron chi connectivity index (χ3n) is 2.19. The Bertz CT molecular complexity index is 111. The molecule has 0 bridgehead atoms. The number of hydrogen-bond donors (Lipinski definition) is 1. The molecule has 0 aromatic rings. The highest BCUT2D eigenvalue weighted by Crippen LogP contribution is 2.38. The molecule has 2 N–H and O–H groups in total. The van der Waals surface area contributed by atoms with Crippen LogP contribution in [0.15, 0.2) is 0 Å². The highest BCUT2D eigenvalue weighted by Gasteiger charge is 2.33. The van der Waals surface area contributed by atoms with E-state index < -0.39 is 0 Å². The monoisotopic (exact) mass is 140 g/mol. The molecule has 1 aliphatic carbocycles. The Morgan fingerprint density at radius 1 is 1.20 bits per heavy atom. The van der Waals surface area contributed by atoms with Gasteiger partial charge in [0.2, 0.25) is 0 Å². The molecule has 0 aromatic carbocycles. The highest BCUT2D eigenvalue weighted by atomic mass is 14.7. The second kappa shape index (κ2) is 2.23. The Morgan fingerprint density at radius 3 is 2.10 bits per heavy atom. The molecule has 0 saturated heterocycles. The first-order valence-corrected chi connectivity index (χ1v) is 4.02. The molecule has 0 aliphatic heterocycles. The van der Waals surface area contributed by atoms with Gasteiger partial charge in [0.15, 0.2) is 0 Å². The number of nitrogens with two attached hydrogens (primary N) is 1. The molecule has 0 aromatic heterocycles. The Hall–Kier alpha value is -0.0400. The summed E-state index contributed by atoms with van der Waals surface area (Å²) in [5.74, 6) is 0. The fraction of sp³-hybridized carbons (Fsp3) is 0.889. The van der Waals surface area contributed by atoms with Gasteiger partial charge >= 0.3 is 0 Å². The molecule has 1 unspecified atom stereocenters. The van der Waals surface area contributed by atoms with Gasteiger partial charge in [-0.15, -0.1) is 0 Å². The normalized spacial score (nSPS) is 39.6. The van der Waals surface area contributed by atoms with Crippen molar-refractivity contribution in [2.24, 2.45) is 11.1 Å². The van der Waals surface area contributed by atoms with Gasteiger partial charge in [-0.05, 0) is 38.0 Å². The molecule has 1 rings (SSSR count). The van der Waals surface area contributed by atoms with Crippen molar-refractivity contribution in [2.75, 3.05) is 0 Å². The lowest BCUT2D eigenvalue weighted by Gasteiger charge is -2.40. The standard InChI is InChI=1S/C9H18N/c1-8(2)5-4-6-9(3,10)7-8/h4H,5-7,10H2,1-3H3. The minimum Gasteiger partial charge on any atom is -0.325 e. The van der Waals surface area contributed by atoms with Gasteiger partial charge in [-0.2, -0.15) is 0 Å². The molecule has 1 nitrogen and oxygen atoms in total. The Labute approximate surface area is 64.0 Å². The highest BCUT2D eigenvalue weighted by molar-refractivity contribution is 4.97. The average molecular weight is 140 g/mol. The summed E-state index contributed by atoms with van der Waals surface area (Å²) in [7, 11) is 0. The third kappa shape index (κ3) is 1.98. The van der Waals surface area contributed by atoms with Gasteiger partial charge in [0.25, 0.3) is 0 Å². The van der Waals surface area contributed by atoms with Crippen LogP contribution in [0.1, 0.15) is 40.0 Å². The van der Waals surface area contributed by atoms with E-state index in [1.807, 2.05) is 0 Å². The molecule has 59 valence electrons. The molecule has 1 heteroatoms. The zero-order chi connectivity index (χ0) is 7.83. The lowest BCUT2D eigenvalue weighted by molar-refractivity contribution is 0.201. The van der Waals surface area contributed by atoms with Gasteiger partial charge in [-0.25, -0.2) is 0 Å². The van der Waals surface area contributed by atoms with Crippen molar-refractivity contribution in [3.63, 3.8) is 0 Å². The Balaban J connectivity index is 2.56. The van der Waals surface area contributed by atoms with Crippen LogP contribution in [0.4, 0.5) is 0 Å². The van der Waals surface area contributed by atoms with Crippen LogP contribution in [-0.4, -0.2) is 5.54 Å². The van der Waals surface area contributed by atoms with E-state index in [1.54, 1.807) is 0 Å². The van der Waals surface area contributed by atoms with Crippen LogP contribution >= 0.6 is 0 Å². The maximum atomic E-state index is 6.02. The maximum absolute atomic E-state index is 6.02. The molecule has 0 heterocycles. The summed E-state index contributed by atoms with van der Waals surface area (Å²) in [6.45, 7) is 6.71. The van der Waals surface area contributed by atoms with E-state index in [1.165, 1.54) is 6.42 Å². The quantitative estimate of drug-likeness (QED) is 0.548. The van der Waals surface area contributed by atoms with E-state index in [2.05, 4.69) is 27.2 Å². The van der Waals surface area contributed by atoms with Crippen LogP contribution in [0.25, 0.3) is 0 Å². The Kier molecular flexibility index (Phi) is 1.80. The van der Waals surface area contributed by atoms with Crippen molar-refractivity contribution in [2.45, 2.75) is 45.6 Å². The molecule has 0 spiro atoms. The fourth-order valence-corrected chi connectivity index (χ4v) is 2.03. The maximum Gasteiger partial charge on any atom is 0.0133 e.